The fraction of sp³-hybridized carbons (Fsp3) is 0.500. The van der Waals surface area contributed by atoms with Crippen LogP contribution >= 0.6 is 0 Å². The Morgan fingerprint density at radius 3 is 2.90 bits per heavy atom. The Kier molecular flexibility index (Phi) is 4.00. The Morgan fingerprint density at radius 2 is 2.10 bits per heavy atom. The molecule has 0 spiro atoms. The van der Waals surface area contributed by atoms with Crippen molar-refractivity contribution in [1.82, 2.24) is 14.8 Å². The monoisotopic (exact) mass is 270 g/mol. The van der Waals surface area contributed by atoms with Crippen LogP contribution in [0.25, 0.3) is 5.69 Å². The molecule has 1 aromatic heterocycles. The predicted octanol–water partition coefficient (Wildman–Crippen LogP) is 3.65. The highest BCUT2D eigenvalue weighted by molar-refractivity contribution is 5.61. The van der Waals surface area contributed by atoms with E-state index in [2.05, 4.69) is 40.5 Å². The van der Waals surface area contributed by atoms with E-state index < -0.39 is 0 Å². The summed E-state index contributed by atoms with van der Waals surface area (Å²) in [5.41, 5.74) is 2.23. The number of benzene rings is 1. The summed E-state index contributed by atoms with van der Waals surface area (Å²) >= 11 is 0. The number of nitrogens with zero attached hydrogens (tertiary/aromatic N) is 3. The van der Waals surface area contributed by atoms with Crippen LogP contribution in [0.4, 0.5) is 5.69 Å². The molecule has 0 bridgehead atoms. The first-order chi connectivity index (χ1) is 9.88. The molecule has 106 valence electrons. The Bertz CT molecular complexity index is 535. The summed E-state index contributed by atoms with van der Waals surface area (Å²) in [5.74, 6) is 0.785. The highest BCUT2D eigenvalue weighted by Gasteiger charge is 2.24. The zero-order valence-corrected chi connectivity index (χ0v) is 12.0. The highest BCUT2D eigenvalue weighted by Crippen LogP contribution is 2.30. The molecule has 3 rings (SSSR count). The van der Waals surface area contributed by atoms with Gasteiger partial charge < -0.3 is 5.32 Å². The van der Waals surface area contributed by atoms with Crippen LogP contribution in [0.5, 0.6) is 0 Å². The summed E-state index contributed by atoms with van der Waals surface area (Å²) < 4.78 is 1.83. The number of nitrogens with one attached hydrogen (secondary N) is 1. The normalized spacial score (nSPS) is 22.6. The van der Waals surface area contributed by atoms with Crippen molar-refractivity contribution >= 4 is 5.69 Å². The predicted molar refractivity (Wildman–Crippen MR) is 81.0 cm³/mol. The lowest BCUT2D eigenvalue weighted by atomic mass is 9.83. The molecule has 2 unspecified atom stereocenters. The summed E-state index contributed by atoms with van der Waals surface area (Å²) in [6.07, 6.45) is 9.90. The third kappa shape index (κ3) is 2.69. The molecule has 1 aliphatic carbocycles. The van der Waals surface area contributed by atoms with E-state index in [4.69, 9.17) is 0 Å². The van der Waals surface area contributed by atoms with Crippen molar-refractivity contribution in [3.63, 3.8) is 0 Å². The van der Waals surface area contributed by atoms with Crippen LogP contribution in [0, 0.1) is 5.92 Å². The van der Waals surface area contributed by atoms with Crippen LogP contribution in [-0.2, 0) is 0 Å². The van der Waals surface area contributed by atoms with Crippen LogP contribution < -0.4 is 5.32 Å². The minimum Gasteiger partial charge on any atom is -0.380 e. The van der Waals surface area contributed by atoms with E-state index in [-0.39, 0.29) is 0 Å². The first-order valence-electron chi connectivity index (χ1n) is 7.59. The molecule has 0 saturated heterocycles. The summed E-state index contributed by atoms with van der Waals surface area (Å²) in [6, 6.07) is 8.92. The van der Waals surface area contributed by atoms with Crippen LogP contribution in [-0.4, -0.2) is 20.8 Å². The number of anilines is 1. The van der Waals surface area contributed by atoms with E-state index in [1.54, 1.807) is 12.7 Å². The lowest BCUT2D eigenvalue weighted by Gasteiger charge is -2.32. The summed E-state index contributed by atoms with van der Waals surface area (Å²) in [7, 11) is 0. The van der Waals surface area contributed by atoms with E-state index in [1.807, 2.05) is 10.7 Å². The van der Waals surface area contributed by atoms with Gasteiger partial charge in [0, 0.05) is 6.04 Å². The Labute approximate surface area is 120 Å². The lowest BCUT2D eigenvalue weighted by molar-refractivity contribution is 0.317. The van der Waals surface area contributed by atoms with Crippen molar-refractivity contribution in [2.45, 2.75) is 45.1 Å². The molecule has 1 aliphatic rings. The zero-order valence-electron chi connectivity index (χ0n) is 12.0. The molecule has 1 fully saturated rings. The van der Waals surface area contributed by atoms with Crippen LogP contribution in [0.2, 0.25) is 0 Å². The van der Waals surface area contributed by atoms with E-state index in [0.717, 1.165) is 17.3 Å². The zero-order chi connectivity index (χ0) is 13.8. The van der Waals surface area contributed by atoms with Gasteiger partial charge in [-0.2, -0.15) is 5.10 Å². The summed E-state index contributed by atoms with van der Waals surface area (Å²) in [4.78, 5) is 4.04. The van der Waals surface area contributed by atoms with Gasteiger partial charge in [0.15, 0.2) is 0 Å². The van der Waals surface area contributed by atoms with Crippen LogP contribution in [0.1, 0.15) is 39.0 Å². The van der Waals surface area contributed by atoms with Gasteiger partial charge in [-0.05, 0) is 30.9 Å². The topological polar surface area (TPSA) is 42.7 Å². The third-order valence-electron chi connectivity index (χ3n) is 4.34. The molecule has 4 heteroatoms. The maximum atomic E-state index is 4.24. The van der Waals surface area contributed by atoms with Gasteiger partial charge in [-0.25, -0.2) is 9.67 Å². The standard InChI is InChI=1S/C16H22N4/c1-2-13-7-3-4-8-14(13)19-15-9-5-6-10-16(15)20-12-17-11-18-20/h5-6,9-14,19H,2-4,7-8H2,1H3. The molecule has 1 heterocycles. The van der Waals surface area contributed by atoms with Crippen molar-refractivity contribution in [2.24, 2.45) is 5.92 Å². The van der Waals surface area contributed by atoms with E-state index >= 15 is 0 Å². The van der Waals surface area contributed by atoms with Gasteiger partial charge in [-0.1, -0.05) is 38.3 Å². The molecule has 1 N–H and O–H groups in total. The second-order valence-corrected chi connectivity index (χ2v) is 5.56. The molecule has 1 saturated carbocycles. The molecule has 4 nitrogen and oxygen atoms in total. The average molecular weight is 270 g/mol. The first kappa shape index (κ1) is 13.2. The van der Waals surface area contributed by atoms with Gasteiger partial charge in [-0.3, -0.25) is 0 Å². The highest BCUT2D eigenvalue weighted by atomic mass is 15.3. The van der Waals surface area contributed by atoms with Gasteiger partial charge in [0.1, 0.15) is 12.7 Å². The Balaban J connectivity index is 1.83. The molecular weight excluding hydrogens is 248 g/mol. The van der Waals surface area contributed by atoms with Crippen LogP contribution in [0.15, 0.2) is 36.9 Å². The van der Waals surface area contributed by atoms with Crippen molar-refractivity contribution < 1.29 is 0 Å². The van der Waals surface area contributed by atoms with Crippen molar-refractivity contribution in [1.29, 1.82) is 0 Å². The van der Waals surface area contributed by atoms with Gasteiger partial charge >= 0.3 is 0 Å². The van der Waals surface area contributed by atoms with Gasteiger partial charge in [0.05, 0.1) is 11.4 Å². The number of rotatable bonds is 4. The minimum absolute atomic E-state index is 0.582. The SMILES string of the molecule is CCC1CCCCC1Nc1ccccc1-n1cncn1. The molecule has 2 aromatic rings. The largest absolute Gasteiger partial charge is 0.380 e. The van der Waals surface area contributed by atoms with Crippen molar-refractivity contribution in [3.05, 3.63) is 36.9 Å². The van der Waals surface area contributed by atoms with E-state index in [1.165, 1.54) is 32.1 Å². The Hall–Kier alpha value is -1.84. The van der Waals surface area contributed by atoms with Gasteiger partial charge in [0.25, 0.3) is 0 Å². The molecule has 0 amide bonds. The van der Waals surface area contributed by atoms with E-state index in [9.17, 15) is 0 Å². The second-order valence-electron chi connectivity index (χ2n) is 5.56. The van der Waals surface area contributed by atoms with Crippen LogP contribution in [0.3, 0.4) is 0 Å². The maximum absolute atomic E-state index is 4.24. The minimum atomic E-state index is 0.582. The summed E-state index contributed by atoms with van der Waals surface area (Å²) in [6.45, 7) is 2.30. The van der Waals surface area contributed by atoms with E-state index in [0.29, 0.717) is 6.04 Å². The number of hydrogen-bond acceptors (Lipinski definition) is 3. The fourth-order valence-electron chi connectivity index (χ4n) is 3.21. The average Bonchev–Trinajstić information content (AvgIpc) is 3.02. The lowest BCUT2D eigenvalue weighted by Crippen LogP contribution is -2.32. The third-order valence-corrected chi connectivity index (χ3v) is 4.34. The summed E-state index contributed by atoms with van der Waals surface area (Å²) in [5, 5.41) is 8.00. The van der Waals surface area contributed by atoms with Crippen molar-refractivity contribution in [2.75, 3.05) is 5.32 Å². The molecule has 2 atom stereocenters. The first-order valence-corrected chi connectivity index (χ1v) is 7.59. The van der Waals surface area contributed by atoms with Gasteiger partial charge in [-0.15, -0.1) is 0 Å². The number of para-hydroxylation sites is 2. The molecule has 1 aromatic carbocycles. The van der Waals surface area contributed by atoms with Crippen molar-refractivity contribution in [3.8, 4) is 5.69 Å². The maximum Gasteiger partial charge on any atom is 0.138 e. The fourth-order valence-corrected chi connectivity index (χ4v) is 3.21. The molecule has 0 radical (unpaired) electrons. The molecular formula is C16H22N4. The Morgan fingerprint density at radius 1 is 1.25 bits per heavy atom. The molecule has 0 aliphatic heterocycles. The number of aromatic nitrogens is 3. The second kappa shape index (κ2) is 6.07. The van der Waals surface area contributed by atoms with Gasteiger partial charge in [0.2, 0.25) is 0 Å². The molecule has 20 heavy (non-hydrogen) atoms. The smallest absolute Gasteiger partial charge is 0.138 e. The number of hydrogen-bond donors (Lipinski definition) is 1. The quantitative estimate of drug-likeness (QED) is 0.922.